The average Bonchev–Trinajstić information content (AvgIpc) is 3.61. The molecule has 31 heavy (non-hydrogen) atoms. The molecule has 2 aromatic rings. The number of carbonyl (C=O) groups is 3. The molecule has 0 atom stereocenters. The third-order valence-electron chi connectivity index (χ3n) is 6.45. The van der Waals surface area contributed by atoms with E-state index >= 15 is 0 Å². The molecule has 4 rings (SSSR count). The number of hydrogen-bond acceptors (Lipinski definition) is 4. The Hall–Kier alpha value is -2.95. The van der Waals surface area contributed by atoms with Gasteiger partial charge in [-0.1, -0.05) is 42.5 Å². The third-order valence-corrected chi connectivity index (χ3v) is 6.45. The molecule has 0 bridgehead atoms. The summed E-state index contributed by atoms with van der Waals surface area (Å²) in [6.07, 6.45) is 6.61. The van der Waals surface area contributed by atoms with Crippen molar-refractivity contribution in [1.82, 2.24) is 5.32 Å². The van der Waals surface area contributed by atoms with E-state index < -0.39 is 5.97 Å². The van der Waals surface area contributed by atoms with Crippen LogP contribution in [0.5, 0.6) is 0 Å². The molecule has 0 radical (unpaired) electrons. The summed E-state index contributed by atoms with van der Waals surface area (Å²) in [6.45, 7) is 0.237. The van der Waals surface area contributed by atoms with E-state index in [9.17, 15) is 14.4 Å². The zero-order chi connectivity index (χ0) is 21.7. The van der Waals surface area contributed by atoms with Crippen LogP contribution in [0.3, 0.4) is 0 Å². The molecular formula is C26H29NO4. The molecule has 0 spiro atoms. The Balaban J connectivity index is 1.17. The van der Waals surface area contributed by atoms with Crippen molar-refractivity contribution in [1.29, 1.82) is 0 Å². The summed E-state index contributed by atoms with van der Waals surface area (Å²) < 4.78 is 5.07. The predicted octanol–water partition coefficient (Wildman–Crippen LogP) is 3.92. The summed E-state index contributed by atoms with van der Waals surface area (Å²) >= 11 is 0. The molecule has 0 aliphatic heterocycles. The molecule has 162 valence electrons. The number of fused-ring (bicyclic) bond motifs is 1. The standard InChI is InChI=1S/C26H29NO4/c28-23(21-11-10-19-6-4-5-7-20(19)16-21)12-13-25(30)31-17-24(29)27-18-26(14-15-26)22-8-2-1-3-9-22/h1-3,8-11,16H,4-7,12-15,17-18H2,(H,27,29). The van der Waals surface area contributed by atoms with Gasteiger partial charge in [-0.3, -0.25) is 14.4 Å². The van der Waals surface area contributed by atoms with Crippen molar-refractivity contribution in [2.75, 3.05) is 13.2 Å². The van der Waals surface area contributed by atoms with E-state index in [-0.39, 0.29) is 36.6 Å². The fourth-order valence-corrected chi connectivity index (χ4v) is 4.31. The van der Waals surface area contributed by atoms with Gasteiger partial charge in [-0.25, -0.2) is 0 Å². The normalized spacial score (nSPS) is 16.1. The maximum atomic E-state index is 12.4. The van der Waals surface area contributed by atoms with Crippen molar-refractivity contribution < 1.29 is 19.1 Å². The van der Waals surface area contributed by atoms with E-state index in [0.717, 1.165) is 32.1 Å². The van der Waals surface area contributed by atoms with Crippen molar-refractivity contribution >= 4 is 17.7 Å². The Morgan fingerprint density at radius 2 is 1.65 bits per heavy atom. The van der Waals surface area contributed by atoms with Crippen LogP contribution in [0.15, 0.2) is 48.5 Å². The highest BCUT2D eigenvalue weighted by atomic mass is 16.5. The molecule has 0 saturated heterocycles. The Bertz CT molecular complexity index is 963. The van der Waals surface area contributed by atoms with Crippen molar-refractivity contribution in [3.8, 4) is 0 Å². The van der Waals surface area contributed by atoms with Gasteiger partial charge in [0.25, 0.3) is 5.91 Å². The summed E-state index contributed by atoms with van der Waals surface area (Å²) in [5.74, 6) is -0.893. The lowest BCUT2D eigenvalue weighted by Gasteiger charge is -2.16. The highest BCUT2D eigenvalue weighted by molar-refractivity contribution is 5.97. The quantitative estimate of drug-likeness (QED) is 0.494. The topological polar surface area (TPSA) is 72.5 Å². The number of carbonyl (C=O) groups excluding carboxylic acids is 3. The number of hydrogen-bond donors (Lipinski definition) is 1. The number of aryl methyl sites for hydroxylation is 2. The molecule has 1 N–H and O–H groups in total. The van der Waals surface area contributed by atoms with Gasteiger partial charge in [0.1, 0.15) is 0 Å². The summed E-state index contributed by atoms with van der Waals surface area (Å²) in [4.78, 5) is 36.5. The Morgan fingerprint density at radius 1 is 0.903 bits per heavy atom. The van der Waals surface area contributed by atoms with Crippen LogP contribution >= 0.6 is 0 Å². The van der Waals surface area contributed by atoms with E-state index in [1.54, 1.807) is 0 Å². The fourth-order valence-electron chi connectivity index (χ4n) is 4.31. The van der Waals surface area contributed by atoms with E-state index in [0.29, 0.717) is 12.1 Å². The molecule has 0 unspecified atom stereocenters. The van der Waals surface area contributed by atoms with Gasteiger partial charge >= 0.3 is 5.97 Å². The Kier molecular flexibility index (Phi) is 6.50. The van der Waals surface area contributed by atoms with Gasteiger partial charge in [-0.05, 0) is 61.3 Å². The molecule has 1 amide bonds. The van der Waals surface area contributed by atoms with Crippen molar-refractivity contribution in [2.24, 2.45) is 0 Å². The van der Waals surface area contributed by atoms with E-state index in [1.807, 2.05) is 36.4 Å². The maximum absolute atomic E-state index is 12.4. The number of esters is 1. The van der Waals surface area contributed by atoms with Gasteiger partial charge in [0.15, 0.2) is 12.4 Å². The first kappa shape index (κ1) is 21.3. The zero-order valence-electron chi connectivity index (χ0n) is 17.8. The lowest BCUT2D eigenvalue weighted by Crippen LogP contribution is -2.35. The summed E-state index contributed by atoms with van der Waals surface area (Å²) in [5.41, 5.74) is 4.48. The number of benzene rings is 2. The predicted molar refractivity (Wildman–Crippen MR) is 118 cm³/mol. The second-order valence-electron chi connectivity index (χ2n) is 8.70. The first-order valence-electron chi connectivity index (χ1n) is 11.2. The maximum Gasteiger partial charge on any atom is 0.306 e. The third kappa shape index (κ3) is 5.40. The largest absolute Gasteiger partial charge is 0.456 e. The van der Waals surface area contributed by atoms with E-state index in [2.05, 4.69) is 17.4 Å². The van der Waals surface area contributed by atoms with Crippen LogP contribution in [0, 0.1) is 0 Å². The molecular weight excluding hydrogens is 390 g/mol. The van der Waals surface area contributed by atoms with Crippen LogP contribution in [0.4, 0.5) is 0 Å². The second kappa shape index (κ2) is 9.46. The molecule has 0 heterocycles. The monoisotopic (exact) mass is 419 g/mol. The van der Waals surface area contributed by atoms with Crippen molar-refractivity contribution in [2.45, 2.75) is 56.8 Å². The lowest BCUT2D eigenvalue weighted by molar-refractivity contribution is -0.148. The molecule has 5 heteroatoms. The second-order valence-corrected chi connectivity index (χ2v) is 8.70. The van der Waals surface area contributed by atoms with Gasteiger partial charge in [0.2, 0.25) is 0 Å². The number of amides is 1. The van der Waals surface area contributed by atoms with Crippen LogP contribution in [0.1, 0.15) is 65.6 Å². The molecule has 2 aliphatic carbocycles. The van der Waals surface area contributed by atoms with Gasteiger partial charge in [0.05, 0.1) is 6.42 Å². The van der Waals surface area contributed by atoms with Crippen LogP contribution < -0.4 is 5.32 Å². The molecule has 1 fully saturated rings. The van der Waals surface area contributed by atoms with Crippen LogP contribution in [0.25, 0.3) is 0 Å². The minimum absolute atomic E-state index is 0.0161. The van der Waals surface area contributed by atoms with Crippen LogP contribution in [-0.2, 0) is 32.6 Å². The van der Waals surface area contributed by atoms with Gasteiger partial charge in [-0.15, -0.1) is 0 Å². The lowest BCUT2D eigenvalue weighted by atomic mass is 9.89. The first-order valence-corrected chi connectivity index (χ1v) is 11.2. The molecule has 1 saturated carbocycles. The van der Waals surface area contributed by atoms with Gasteiger partial charge in [-0.2, -0.15) is 0 Å². The SMILES string of the molecule is O=C(COC(=O)CCC(=O)c1ccc2c(c1)CCCC2)NCC1(c2ccccc2)CC1. The average molecular weight is 420 g/mol. The molecule has 2 aromatic carbocycles. The first-order chi connectivity index (χ1) is 15.1. The highest BCUT2D eigenvalue weighted by Gasteiger charge is 2.44. The molecule has 5 nitrogen and oxygen atoms in total. The number of rotatable bonds is 9. The zero-order valence-corrected chi connectivity index (χ0v) is 17.8. The minimum atomic E-state index is -0.523. The smallest absolute Gasteiger partial charge is 0.306 e. The highest BCUT2D eigenvalue weighted by Crippen LogP contribution is 2.47. The number of ketones is 1. The van der Waals surface area contributed by atoms with E-state index in [1.165, 1.54) is 23.1 Å². The number of ether oxygens (including phenoxy) is 1. The fraction of sp³-hybridized carbons (Fsp3) is 0.423. The minimum Gasteiger partial charge on any atom is -0.456 e. The summed E-state index contributed by atoms with van der Waals surface area (Å²) in [5, 5.41) is 2.88. The van der Waals surface area contributed by atoms with E-state index in [4.69, 9.17) is 4.74 Å². The molecule has 0 aromatic heterocycles. The number of Topliss-reactive ketones (excluding diaryl/α,β-unsaturated/α-hetero) is 1. The van der Waals surface area contributed by atoms with Crippen LogP contribution in [-0.4, -0.2) is 30.8 Å². The van der Waals surface area contributed by atoms with Crippen molar-refractivity contribution in [3.05, 3.63) is 70.8 Å². The number of nitrogens with one attached hydrogen (secondary N) is 1. The Labute approximate surface area is 183 Å². The van der Waals surface area contributed by atoms with Gasteiger partial charge < -0.3 is 10.1 Å². The summed E-state index contributed by atoms with van der Waals surface area (Å²) in [7, 11) is 0. The Morgan fingerprint density at radius 3 is 2.39 bits per heavy atom. The van der Waals surface area contributed by atoms with Crippen molar-refractivity contribution in [3.63, 3.8) is 0 Å². The molecule has 2 aliphatic rings. The van der Waals surface area contributed by atoms with Gasteiger partial charge in [0, 0.05) is 23.9 Å². The summed E-state index contributed by atoms with van der Waals surface area (Å²) in [6, 6.07) is 16.0. The van der Waals surface area contributed by atoms with Crippen LogP contribution in [0.2, 0.25) is 0 Å².